The quantitative estimate of drug-likeness (QED) is 0.827. The van der Waals surface area contributed by atoms with Crippen LogP contribution in [0.3, 0.4) is 0 Å². The summed E-state index contributed by atoms with van der Waals surface area (Å²) >= 11 is 0. The summed E-state index contributed by atoms with van der Waals surface area (Å²) in [5, 5.41) is 0. The second-order valence-electron chi connectivity index (χ2n) is 4.77. The Balaban J connectivity index is 2.10. The summed E-state index contributed by atoms with van der Waals surface area (Å²) < 4.78 is 0. The van der Waals surface area contributed by atoms with E-state index in [1.54, 1.807) is 6.20 Å². The Bertz CT molecular complexity index is 417. The van der Waals surface area contributed by atoms with Gasteiger partial charge in [0.2, 0.25) is 5.91 Å². The molecule has 92 valence electrons. The molecule has 0 radical (unpaired) electrons. The highest BCUT2D eigenvalue weighted by Crippen LogP contribution is 2.18. The van der Waals surface area contributed by atoms with Crippen molar-refractivity contribution in [2.24, 2.45) is 11.7 Å². The molecule has 4 heteroatoms. The lowest BCUT2D eigenvalue weighted by molar-refractivity contribution is -0.136. The van der Waals surface area contributed by atoms with E-state index in [0.29, 0.717) is 6.54 Å². The smallest absolute Gasteiger partial charge is 0.227 e. The first-order valence-electron chi connectivity index (χ1n) is 6.06. The first-order valence-corrected chi connectivity index (χ1v) is 6.06. The van der Waals surface area contributed by atoms with Crippen molar-refractivity contribution in [3.8, 4) is 0 Å². The van der Waals surface area contributed by atoms with Crippen LogP contribution in [0.2, 0.25) is 0 Å². The minimum Gasteiger partial charge on any atom is -0.338 e. The van der Waals surface area contributed by atoms with Gasteiger partial charge in [-0.25, -0.2) is 0 Å². The van der Waals surface area contributed by atoms with Crippen LogP contribution in [-0.4, -0.2) is 28.4 Å². The van der Waals surface area contributed by atoms with Crippen molar-refractivity contribution in [1.82, 2.24) is 9.88 Å². The van der Waals surface area contributed by atoms with E-state index < -0.39 is 0 Å². The number of rotatable bonds is 2. The van der Waals surface area contributed by atoms with Crippen LogP contribution in [0.15, 0.2) is 18.3 Å². The topological polar surface area (TPSA) is 59.2 Å². The highest BCUT2D eigenvalue weighted by Gasteiger charge is 2.26. The molecule has 1 amide bonds. The van der Waals surface area contributed by atoms with Crippen LogP contribution >= 0.6 is 0 Å². The maximum Gasteiger partial charge on any atom is 0.227 e. The van der Waals surface area contributed by atoms with E-state index in [0.717, 1.165) is 24.2 Å². The van der Waals surface area contributed by atoms with Gasteiger partial charge in [0.15, 0.2) is 0 Å². The number of hydrogen-bond acceptors (Lipinski definition) is 3. The molecule has 2 heterocycles. The zero-order valence-corrected chi connectivity index (χ0v) is 10.4. The second kappa shape index (κ2) is 4.84. The van der Waals surface area contributed by atoms with E-state index in [2.05, 4.69) is 4.98 Å². The summed E-state index contributed by atoms with van der Waals surface area (Å²) in [5.74, 6) is 0.0303. The molecular formula is C13H19N3O. The molecular weight excluding hydrogens is 214 g/mol. The summed E-state index contributed by atoms with van der Waals surface area (Å²) in [7, 11) is 0. The van der Waals surface area contributed by atoms with Gasteiger partial charge in [0.25, 0.3) is 0 Å². The van der Waals surface area contributed by atoms with E-state index in [9.17, 15) is 4.79 Å². The number of amides is 1. The molecule has 2 rings (SSSR count). The van der Waals surface area contributed by atoms with Gasteiger partial charge in [-0.1, -0.05) is 13.0 Å². The van der Waals surface area contributed by atoms with Crippen molar-refractivity contribution >= 4 is 5.91 Å². The first kappa shape index (κ1) is 12.0. The lowest BCUT2D eigenvalue weighted by Gasteiger charge is -2.31. The van der Waals surface area contributed by atoms with Gasteiger partial charge in [-0.2, -0.15) is 0 Å². The van der Waals surface area contributed by atoms with Crippen LogP contribution in [-0.2, 0) is 17.8 Å². The van der Waals surface area contributed by atoms with Gasteiger partial charge >= 0.3 is 0 Å². The van der Waals surface area contributed by atoms with Crippen molar-refractivity contribution in [3.63, 3.8) is 0 Å². The maximum atomic E-state index is 12.2. The van der Waals surface area contributed by atoms with E-state index in [-0.39, 0.29) is 17.9 Å². The van der Waals surface area contributed by atoms with Gasteiger partial charge < -0.3 is 10.6 Å². The molecule has 1 aliphatic rings. The molecule has 1 aromatic heterocycles. The number of nitrogens with two attached hydrogens (primary N) is 1. The largest absolute Gasteiger partial charge is 0.338 e. The third kappa shape index (κ3) is 2.47. The number of carbonyl (C=O) groups is 1. The SMILES string of the molecule is CC(N)C(C)C(=O)N1CCc2ncccc2C1. The van der Waals surface area contributed by atoms with E-state index in [1.807, 2.05) is 30.9 Å². The second-order valence-corrected chi connectivity index (χ2v) is 4.77. The van der Waals surface area contributed by atoms with Crippen LogP contribution in [0.25, 0.3) is 0 Å². The molecule has 2 unspecified atom stereocenters. The maximum absolute atomic E-state index is 12.2. The molecule has 17 heavy (non-hydrogen) atoms. The van der Waals surface area contributed by atoms with Crippen LogP contribution in [0.1, 0.15) is 25.1 Å². The summed E-state index contributed by atoms with van der Waals surface area (Å²) in [4.78, 5) is 18.4. The van der Waals surface area contributed by atoms with Crippen molar-refractivity contribution in [3.05, 3.63) is 29.6 Å². The number of carbonyl (C=O) groups excluding carboxylic acids is 1. The molecule has 1 aliphatic heterocycles. The zero-order chi connectivity index (χ0) is 12.4. The van der Waals surface area contributed by atoms with E-state index in [4.69, 9.17) is 5.73 Å². The van der Waals surface area contributed by atoms with Gasteiger partial charge in [0.05, 0.1) is 5.92 Å². The number of aromatic nitrogens is 1. The number of hydrogen-bond donors (Lipinski definition) is 1. The molecule has 0 fully saturated rings. The van der Waals surface area contributed by atoms with Gasteiger partial charge in [0.1, 0.15) is 0 Å². The van der Waals surface area contributed by atoms with Crippen LogP contribution < -0.4 is 5.73 Å². The average Bonchev–Trinajstić information content (AvgIpc) is 2.36. The summed E-state index contributed by atoms with van der Waals surface area (Å²) in [6, 6.07) is 3.86. The van der Waals surface area contributed by atoms with Crippen molar-refractivity contribution in [2.45, 2.75) is 32.9 Å². The van der Waals surface area contributed by atoms with Gasteiger partial charge in [-0.05, 0) is 18.6 Å². The van der Waals surface area contributed by atoms with E-state index in [1.165, 1.54) is 0 Å². The lowest BCUT2D eigenvalue weighted by atomic mass is 10.00. The predicted molar refractivity (Wildman–Crippen MR) is 66.2 cm³/mol. The molecule has 2 N–H and O–H groups in total. The van der Waals surface area contributed by atoms with Crippen LogP contribution in [0.4, 0.5) is 0 Å². The Kier molecular flexibility index (Phi) is 3.43. The first-order chi connectivity index (χ1) is 8.09. The van der Waals surface area contributed by atoms with Crippen LogP contribution in [0.5, 0.6) is 0 Å². The van der Waals surface area contributed by atoms with Crippen molar-refractivity contribution in [2.75, 3.05) is 6.54 Å². The standard InChI is InChI=1S/C13H19N3O/c1-9(10(2)14)13(17)16-7-5-12-11(8-16)4-3-6-15-12/h3-4,6,9-10H,5,7-8,14H2,1-2H3. The fraction of sp³-hybridized carbons (Fsp3) is 0.538. The molecule has 0 aliphatic carbocycles. The molecule has 1 aromatic rings. The zero-order valence-electron chi connectivity index (χ0n) is 10.4. The highest BCUT2D eigenvalue weighted by molar-refractivity contribution is 5.79. The normalized spacial score (nSPS) is 18.4. The Morgan fingerprint density at radius 1 is 1.53 bits per heavy atom. The predicted octanol–water partition coefficient (Wildman–Crippen LogP) is 0.950. The Hall–Kier alpha value is -1.42. The molecule has 2 atom stereocenters. The molecule has 4 nitrogen and oxygen atoms in total. The minimum absolute atomic E-state index is 0.0993. The summed E-state index contributed by atoms with van der Waals surface area (Å²) in [6.07, 6.45) is 2.65. The van der Waals surface area contributed by atoms with Crippen LogP contribution in [0, 0.1) is 5.92 Å². The molecule has 0 aromatic carbocycles. The Morgan fingerprint density at radius 3 is 3.00 bits per heavy atom. The van der Waals surface area contributed by atoms with Crippen molar-refractivity contribution in [1.29, 1.82) is 0 Å². The fourth-order valence-corrected chi connectivity index (χ4v) is 2.07. The number of pyridine rings is 1. The van der Waals surface area contributed by atoms with Gasteiger partial charge in [-0.15, -0.1) is 0 Å². The molecule has 0 spiro atoms. The third-order valence-corrected chi connectivity index (χ3v) is 3.45. The highest BCUT2D eigenvalue weighted by atomic mass is 16.2. The molecule has 0 saturated heterocycles. The lowest BCUT2D eigenvalue weighted by Crippen LogP contribution is -2.44. The Labute approximate surface area is 102 Å². The average molecular weight is 233 g/mol. The number of nitrogens with zero attached hydrogens (tertiary/aromatic N) is 2. The third-order valence-electron chi connectivity index (χ3n) is 3.45. The summed E-state index contributed by atoms with van der Waals surface area (Å²) in [5.41, 5.74) is 8.05. The Morgan fingerprint density at radius 2 is 2.29 bits per heavy atom. The summed E-state index contributed by atoms with van der Waals surface area (Å²) in [6.45, 7) is 5.19. The minimum atomic E-state index is -0.117. The molecule has 0 bridgehead atoms. The van der Waals surface area contributed by atoms with Crippen molar-refractivity contribution < 1.29 is 4.79 Å². The monoisotopic (exact) mass is 233 g/mol. The fourth-order valence-electron chi connectivity index (χ4n) is 2.07. The van der Waals surface area contributed by atoms with Gasteiger partial charge in [-0.3, -0.25) is 9.78 Å². The molecule has 0 saturated carbocycles. The number of fused-ring (bicyclic) bond motifs is 1. The van der Waals surface area contributed by atoms with Gasteiger partial charge in [0, 0.05) is 37.4 Å². The van der Waals surface area contributed by atoms with E-state index >= 15 is 0 Å².